The first-order valence-electron chi connectivity index (χ1n) is 10.0. The standard InChI is InChI=1S/C23H23F2N3O4/c1-12(2)31-19-8-6-15(24)10-17(19)21-22(28(29)30)14(5)26-23(27-21)18-11-16(25)7-9-20(18)32-13(3)4/h6-13H,1-5H3. The third-order valence-corrected chi connectivity index (χ3v) is 4.35. The van der Waals surface area contributed by atoms with Crippen molar-refractivity contribution in [2.75, 3.05) is 0 Å². The van der Waals surface area contributed by atoms with Gasteiger partial charge in [-0.25, -0.2) is 18.7 Å². The zero-order chi connectivity index (χ0) is 23.6. The van der Waals surface area contributed by atoms with Crippen LogP contribution in [0.15, 0.2) is 36.4 Å². The summed E-state index contributed by atoms with van der Waals surface area (Å²) in [6.07, 6.45) is -0.484. The summed E-state index contributed by atoms with van der Waals surface area (Å²) >= 11 is 0. The molecule has 3 rings (SSSR count). The quantitative estimate of drug-likeness (QED) is 0.335. The van der Waals surface area contributed by atoms with Gasteiger partial charge in [-0.15, -0.1) is 0 Å². The highest BCUT2D eigenvalue weighted by Gasteiger charge is 2.27. The van der Waals surface area contributed by atoms with E-state index in [2.05, 4.69) is 9.97 Å². The van der Waals surface area contributed by atoms with Crippen LogP contribution >= 0.6 is 0 Å². The van der Waals surface area contributed by atoms with Crippen molar-refractivity contribution in [2.24, 2.45) is 0 Å². The van der Waals surface area contributed by atoms with Crippen LogP contribution in [-0.2, 0) is 0 Å². The van der Waals surface area contributed by atoms with Gasteiger partial charge in [0, 0.05) is 0 Å². The second-order valence-corrected chi connectivity index (χ2v) is 7.70. The Bertz CT molecular complexity index is 1170. The lowest BCUT2D eigenvalue weighted by Crippen LogP contribution is -2.10. The molecule has 0 aliphatic rings. The molecule has 0 atom stereocenters. The number of rotatable bonds is 7. The maximum atomic E-state index is 14.1. The molecule has 0 fully saturated rings. The summed E-state index contributed by atoms with van der Waals surface area (Å²) in [6, 6.07) is 7.58. The number of halogens is 2. The summed E-state index contributed by atoms with van der Waals surface area (Å²) in [5.41, 5.74) is -0.168. The van der Waals surface area contributed by atoms with Gasteiger partial charge in [-0.1, -0.05) is 0 Å². The van der Waals surface area contributed by atoms with Crippen LogP contribution in [0.1, 0.15) is 33.4 Å². The molecule has 0 spiro atoms. The highest BCUT2D eigenvalue weighted by atomic mass is 19.1. The van der Waals surface area contributed by atoms with E-state index < -0.39 is 22.2 Å². The number of aryl methyl sites for hydroxylation is 1. The molecule has 0 unspecified atom stereocenters. The molecule has 0 aliphatic heterocycles. The number of nitrogens with zero attached hydrogens (tertiary/aromatic N) is 3. The van der Waals surface area contributed by atoms with Crippen molar-refractivity contribution in [1.29, 1.82) is 0 Å². The zero-order valence-corrected chi connectivity index (χ0v) is 18.3. The molecular formula is C23H23F2N3O4. The molecule has 1 aromatic heterocycles. The number of hydrogen-bond acceptors (Lipinski definition) is 6. The Morgan fingerprint density at radius 3 is 1.88 bits per heavy atom. The minimum absolute atomic E-state index is 0.0120. The molecule has 168 valence electrons. The molecular weight excluding hydrogens is 420 g/mol. The Labute approximate surface area is 184 Å². The van der Waals surface area contributed by atoms with E-state index in [0.717, 1.165) is 6.07 Å². The van der Waals surface area contributed by atoms with Crippen LogP contribution in [0.25, 0.3) is 22.6 Å². The number of nitro groups is 1. The highest BCUT2D eigenvalue weighted by molar-refractivity contribution is 5.78. The Balaban J connectivity index is 2.32. The van der Waals surface area contributed by atoms with Gasteiger partial charge >= 0.3 is 5.69 Å². The predicted molar refractivity (Wildman–Crippen MR) is 116 cm³/mol. The van der Waals surface area contributed by atoms with Crippen molar-refractivity contribution in [1.82, 2.24) is 9.97 Å². The smallest absolute Gasteiger partial charge is 0.316 e. The van der Waals surface area contributed by atoms with Crippen molar-refractivity contribution in [2.45, 2.75) is 46.8 Å². The zero-order valence-electron chi connectivity index (χ0n) is 18.3. The topological polar surface area (TPSA) is 87.4 Å². The Morgan fingerprint density at radius 2 is 1.38 bits per heavy atom. The van der Waals surface area contributed by atoms with Crippen molar-refractivity contribution in [3.05, 3.63) is 63.8 Å². The van der Waals surface area contributed by atoms with Crippen LogP contribution in [0.4, 0.5) is 14.5 Å². The van der Waals surface area contributed by atoms with Gasteiger partial charge in [0.25, 0.3) is 0 Å². The van der Waals surface area contributed by atoms with E-state index in [4.69, 9.17) is 9.47 Å². The molecule has 7 nitrogen and oxygen atoms in total. The SMILES string of the molecule is Cc1nc(-c2cc(F)ccc2OC(C)C)nc(-c2cc(F)ccc2OC(C)C)c1[N+](=O)[O-]. The summed E-state index contributed by atoms with van der Waals surface area (Å²) in [7, 11) is 0. The lowest BCUT2D eigenvalue weighted by Gasteiger charge is -2.17. The molecule has 0 N–H and O–H groups in total. The van der Waals surface area contributed by atoms with Crippen LogP contribution in [0.3, 0.4) is 0 Å². The molecule has 3 aromatic rings. The first kappa shape index (κ1) is 23.1. The van der Waals surface area contributed by atoms with E-state index in [-0.39, 0.29) is 46.3 Å². The lowest BCUT2D eigenvalue weighted by atomic mass is 10.1. The van der Waals surface area contributed by atoms with E-state index in [1.165, 1.54) is 37.3 Å². The molecule has 32 heavy (non-hydrogen) atoms. The average Bonchev–Trinajstić information content (AvgIpc) is 2.69. The molecule has 2 aromatic carbocycles. The van der Waals surface area contributed by atoms with Gasteiger partial charge in [0.05, 0.1) is 28.3 Å². The Morgan fingerprint density at radius 1 is 0.875 bits per heavy atom. The fourth-order valence-electron chi connectivity index (χ4n) is 3.17. The molecule has 0 radical (unpaired) electrons. The number of hydrogen-bond donors (Lipinski definition) is 0. The van der Waals surface area contributed by atoms with Crippen LogP contribution < -0.4 is 9.47 Å². The maximum Gasteiger partial charge on any atom is 0.316 e. The number of aromatic nitrogens is 2. The van der Waals surface area contributed by atoms with Crippen LogP contribution in [0, 0.1) is 28.7 Å². The van der Waals surface area contributed by atoms with Gasteiger partial charge in [0.15, 0.2) is 11.5 Å². The molecule has 1 heterocycles. The van der Waals surface area contributed by atoms with Crippen LogP contribution in [0.5, 0.6) is 11.5 Å². The van der Waals surface area contributed by atoms with E-state index in [0.29, 0.717) is 5.75 Å². The van der Waals surface area contributed by atoms with Gasteiger partial charge in [-0.3, -0.25) is 10.1 Å². The molecule has 0 saturated heterocycles. The predicted octanol–water partition coefficient (Wildman–Crippen LogP) is 5.88. The monoisotopic (exact) mass is 443 g/mol. The van der Waals surface area contributed by atoms with Gasteiger partial charge in [0.1, 0.15) is 28.8 Å². The molecule has 0 amide bonds. The van der Waals surface area contributed by atoms with Crippen molar-refractivity contribution in [3.8, 4) is 34.1 Å². The number of ether oxygens (including phenoxy) is 2. The van der Waals surface area contributed by atoms with Crippen LogP contribution in [0.2, 0.25) is 0 Å². The fourth-order valence-corrected chi connectivity index (χ4v) is 3.17. The Kier molecular flexibility index (Phi) is 6.67. The van der Waals surface area contributed by atoms with E-state index in [1.54, 1.807) is 13.8 Å². The van der Waals surface area contributed by atoms with Crippen LogP contribution in [-0.4, -0.2) is 27.1 Å². The summed E-state index contributed by atoms with van der Waals surface area (Å²) in [6.45, 7) is 8.61. The first-order chi connectivity index (χ1) is 15.1. The molecule has 9 heteroatoms. The molecule has 0 saturated carbocycles. The first-order valence-corrected chi connectivity index (χ1v) is 10.0. The lowest BCUT2D eigenvalue weighted by molar-refractivity contribution is -0.385. The number of benzene rings is 2. The van der Waals surface area contributed by atoms with Gasteiger partial charge < -0.3 is 9.47 Å². The maximum absolute atomic E-state index is 14.1. The van der Waals surface area contributed by atoms with E-state index in [9.17, 15) is 18.9 Å². The fraction of sp³-hybridized carbons (Fsp3) is 0.304. The molecule has 0 bridgehead atoms. The normalized spacial score (nSPS) is 11.2. The summed E-state index contributed by atoms with van der Waals surface area (Å²) in [5, 5.41) is 11.9. The summed E-state index contributed by atoms with van der Waals surface area (Å²) in [4.78, 5) is 19.8. The van der Waals surface area contributed by atoms with Crippen molar-refractivity contribution < 1.29 is 23.2 Å². The van der Waals surface area contributed by atoms with Crippen molar-refractivity contribution in [3.63, 3.8) is 0 Å². The minimum Gasteiger partial charge on any atom is -0.490 e. The Hall–Kier alpha value is -3.62. The molecule has 0 aliphatic carbocycles. The third-order valence-electron chi connectivity index (χ3n) is 4.35. The highest BCUT2D eigenvalue weighted by Crippen LogP contribution is 2.39. The second kappa shape index (κ2) is 9.25. The average molecular weight is 443 g/mol. The van der Waals surface area contributed by atoms with Gasteiger partial charge in [-0.05, 0) is 71.0 Å². The van der Waals surface area contributed by atoms with E-state index in [1.807, 2.05) is 13.8 Å². The van der Waals surface area contributed by atoms with E-state index >= 15 is 0 Å². The minimum atomic E-state index is -0.629. The third kappa shape index (κ3) is 4.99. The summed E-state index contributed by atoms with van der Waals surface area (Å²) < 4.78 is 39.7. The van der Waals surface area contributed by atoms with Gasteiger partial charge in [0.2, 0.25) is 0 Å². The van der Waals surface area contributed by atoms with Crippen molar-refractivity contribution >= 4 is 5.69 Å². The second-order valence-electron chi connectivity index (χ2n) is 7.70. The van der Waals surface area contributed by atoms with Gasteiger partial charge in [-0.2, -0.15) is 0 Å². The summed E-state index contributed by atoms with van der Waals surface area (Å²) in [5.74, 6) is -0.604. The largest absolute Gasteiger partial charge is 0.490 e.